The molecule has 0 saturated heterocycles. The lowest BCUT2D eigenvalue weighted by Crippen LogP contribution is -2.27. The molecule has 4 rings (SSSR count). The standard InChI is InChI=1S/C17H14N6O2S/c1-2-21-17-23-15-13(26-17)12-11(16(24)22-15)10(8-4-3-5-20-7-8)9(6-18)14(19)25-12/h3-5,7,10H,2,19H2,1H3,(H2,21,22,23,24)/t10-/m0/s1. The van der Waals surface area contributed by atoms with E-state index in [1.54, 1.807) is 24.5 Å². The van der Waals surface area contributed by atoms with Gasteiger partial charge in [0.05, 0.1) is 11.5 Å². The van der Waals surface area contributed by atoms with Gasteiger partial charge in [-0.1, -0.05) is 17.4 Å². The highest BCUT2D eigenvalue weighted by Gasteiger charge is 2.35. The molecular weight excluding hydrogens is 352 g/mol. The number of fused-ring (bicyclic) bond motifs is 3. The largest absolute Gasteiger partial charge is 0.438 e. The van der Waals surface area contributed by atoms with Crippen LogP contribution in [0.3, 0.4) is 0 Å². The maximum Gasteiger partial charge on any atom is 0.257 e. The monoisotopic (exact) mass is 366 g/mol. The van der Waals surface area contributed by atoms with Gasteiger partial charge in [0, 0.05) is 18.9 Å². The van der Waals surface area contributed by atoms with E-state index in [1.807, 2.05) is 6.92 Å². The first-order valence-electron chi connectivity index (χ1n) is 7.92. The molecule has 4 N–H and O–H groups in total. The van der Waals surface area contributed by atoms with Gasteiger partial charge in [-0.15, -0.1) is 0 Å². The topological polar surface area (TPSA) is 130 Å². The van der Waals surface area contributed by atoms with Gasteiger partial charge < -0.3 is 20.8 Å². The molecule has 0 saturated carbocycles. The number of thiazole rings is 1. The summed E-state index contributed by atoms with van der Waals surface area (Å²) >= 11 is 1.36. The third-order valence-electron chi connectivity index (χ3n) is 4.08. The summed E-state index contributed by atoms with van der Waals surface area (Å²) in [4.78, 5) is 24.1. The van der Waals surface area contributed by atoms with E-state index < -0.39 is 5.92 Å². The fourth-order valence-corrected chi connectivity index (χ4v) is 3.99. The fraction of sp³-hybridized carbons (Fsp3) is 0.176. The van der Waals surface area contributed by atoms with Gasteiger partial charge in [0.1, 0.15) is 16.3 Å². The van der Waals surface area contributed by atoms with Crippen molar-refractivity contribution in [3.05, 3.63) is 57.5 Å². The van der Waals surface area contributed by atoms with Crippen LogP contribution in [0.15, 0.2) is 40.8 Å². The lowest BCUT2D eigenvalue weighted by molar-refractivity contribution is 0.397. The molecular formula is C17H14N6O2S. The minimum atomic E-state index is -0.643. The van der Waals surface area contributed by atoms with E-state index in [1.165, 1.54) is 11.3 Å². The molecule has 9 heteroatoms. The van der Waals surface area contributed by atoms with Gasteiger partial charge >= 0.3 is 0 Å². The second kappa shape index (κ2) is 6.16. The lowest BCUT2D eigenvalue weighted by atomic mass is 9.85. The number of ether oxygens (including phenoxy) is 1. The van der Waals surface area contributed by atoms with E-state index in [4.69, 9.17) is 10.5 Å². The smallest absolute Gasteiger partial charge is 0.257 e. The van der Waals surface area contributed by atoms with Crippen LogP contribution < -0.4 is 21.3 Å². The van der Waals surface area contributed by atoms with Crippen molar-refractivity contribution in [1.82, 2.24) is 15.0 Å². The summed E-state index contributed by atoms with van der Waals surface area (Å²) in [6.45, 7) is 2.66. The number of hydrogen-bond acceptors (Lipinski definition) is 8. The van der Waals surface area contributed by atoms with Gasteiger partial charge in [-0.25, -0.2) is 4.98 Å². The Morgan fingerprint density at radius 2 is 2.38 bits per heavy atom. The Morgan fingerprint density at radius 3 is 3.08 bits per heavy atom. The number of pyridine rings is 2. The van der Waals surface area contributed by atoms with E-state index in [-0.39, 0.29) is 17.0 Å². The minimum absolute atomic E-state index is 0.0147. The van der Waals surface area contributed by atoms with Gasteiger partial charge in [0.15, 0.2) is 16.5 Å². The van der Waals surface area contributed by atoms with Crippen molar-refractivity contribution in [3.8, 4) is 11.8 Å². The first-order valence-corrected chi connectivity index (χ1v) is 8.73. The predicted molar refractivity (Wildman–Crippen MR) is 97.9 cm³/mol. The van der Waals surface area contributed by atoms with E-state index in [0.29, 0.717) is 38.9 Å². The molecule has 0 spiro atoms. The maximum atomic E-state index is 12.8. The molecule has 1 aliphatic rings. The Hall–Kier alpha value is -3.38. The molecule has 0 radical (unpaired) electrons. The van der Waals surface area contributed by atoms with Crippen molar-refractivity contribution in [2.75, 3.05) is 11.9 Å². The first-order chi connectivity index (χ1) is 12.6. The summed E-state index contributed by atoms with van der Waals surface area (Å²) in [6.07, 6.45) is 3.24. The Balaban J connectivity index is 2.03. The highest BCUT2D eigenvalue weighted by molar-refractivity contribution is 7.22. The van der Waals surface area contributed by atoms with Gasteiger partial charge in [0.25, 0.3) is 5.56 Å². The molecule has 3 aromatic rings. The van der Waals surface area contributed by atoms with Crippen LogP contribution in [-0.4, -0.2) is 21.5 Å². The molecule has 1 aliphatic heterocycles. The Kier molecular flexibility index (Phi) is 3.82. The molecule has 0 fully saturated rings. The summed E-state index contributed by atoms with van der Waals surface area (Å²) in [5.41, 5.74) is 7.28. The second-order valence-corrected chi connectivity index (χ2v) is 6.63. The summed E-state index contributed by atoms with van der Waals surface area (Å²) in [7, 11) is 0. The van der Waals surface area contributed by atoms with Crippen molar-refractivity contribution >= 4 is 26.8 Å². The summed E-state index contributed by atoms with van der Waals surface area (Å²) in [5.74, 6) is -0.315. The van der Waals surface area contributed by atoms with Gasteiger partial charge in [-0.3, -0.25) is 9.78 Å². The number of aromatic amines is 1. The number of nitrogens with two attached hydrogens (primary N) is 1. The van der Waals surface area contributed by atoms with Crippen molar-refractivity contribution in [1.29, 1.82) is 5.26 Å². The SMILES string of the molecule is CCNc1nc2[nH]c(=O)c3c(c2s1)OC(N)=C(C#N)[C@@H]3c1cccnc1. The molecule has 3 aromatic heterocycles. The number of hydrogen-bond donors (Lipinski definition) is 3. The summed E-state index contributed by atoms with van der Waals surface area (Å²) in [5, 5.41) is 13.4. The van der Waals surface area contributed by atoms with Crippen molar-refractivity contribution < 1.29 is 4.74 Å². The Labute approximate surface area is 152 Å². The number of nitriles is 1. The minimum Gasteiger partial charge on any atom is -0.438 e. The number of nitrogens with one attached hydrogen (secondary N) is 2. The van der Waals surface area contributed by atoms with Crippen LogP contribution in [0.25, 0.3) is 10.3 Å². The molecule has 26 heavy (non-hydrogen) atoms. The van der Waals surface area contributed by atoms with Gasteiger partial charge in [0.2, 0.25) is 5.88 Å². The quantitative estimate of drug-likeness (QED) is 0.646. The van der Waals surface area contributed by atoms with Crippen molar-refractivity contribution in [3.63, 3.8) is 0 Å². The number of allylic oxidation sites excluding steroid dienone is 1. The van der Waals surface area contributed by atoms with Crippen LogP contribution in [0, 0.1) is 11.3 Å². The van der Waals surface area contributed by atoms with Crippen molar-refractivity contribution in [2.24, 2.45) is 5.73 Å². The van der Waals surface area contributed by atoms with E-state index in [9.17, 15) is 10.1 Å². The molecule has 0 aromatic carbocycles. The van der Waals surface area contributed by atoms with Crippen LogP contribution in [0.2, 0.25) is 0 Å². The molecule has 4 heterocycles. The highest BCUT2D eigenvalue weighted by atomic mass is 32.1. The van der Waals surface area contributed by atoms with E-state index in [2.05, 4.69) is 26.3 Å². The van der Waals surface area contributed by atoms with Crippen LogP contribution in [0.5, 0.6) is 5.75 Å². The van der Waals surface area contributed by atoms with E-state index >= 15 is 0 Å². The number of H-pyrrole nitrogens is 1. The lowest BCUT2D eigenvalue weighted by Gasteiger charge is -2.25. The maximum absolute atomic E-state index is 12.8. The van der Waals surface area contributed by atoms with Crippen LogP contribution in [0.1, 0.15) is 24.0 Å². The van der Waals surface area contributed by atoms with E-state index in [0.717, 1.165) is 0 Å². The molecule has 0 amide bonds. The van der Waals surface area contributed by atoms with Crippen molar-refractivity contribution in [2.45, 2.75) is 12.8 Å². The highest BCUT2D eigenvalue weighted by Crippen LogP contribution is 2.44. The average Bonchev–Trinajstić information content (AvgIpc) is 3.04. The molecule has 0 bridgehead atoms. The number of anilines is 1. The third-order valence-corrected chi connectivity index (χ3v) is 5.09. The number of rotatable bonds is 3. The Bertz CT molecular complexity index is 1130. The van der Waals surface area contributed by atoms with Crippen LogP contribution in [0.4, 0.5) is 5.13 Å². The van der Waals surface area contributed by atoms with Crippen LogP contribution >= 0.6 is 11.3 Å². The first kappa shape index (κ1) is 16.1. The molecule has 0 aliphatic carbocycles. The molecule has 130 valence electrons. The zero-order chi connectivity index (χ0) is 18.3. The zero-order valence-electron chi connectivity index (χ0n) is 13.7. The summed E-state index contributed by atoms with van der Waals surface area (Å²) in [6, 6.07) is 5.62. The van der Waals surface area contributed by atoms with Gasteiger partial charge in [-0.05, 0) is 18.6 Å². The normalized spacial score (nSPS) is 16.1. The second-order valence-electron chi connectivity index (χ2n) is 5.64. The fourth-order valence-electron chi connectivity index (χ4n) is 3.00. The zero-order valence-corrected chi connectivity index (χ0v) is 14.6. The Morgan fingerprint density at radius 1 is 1.54 bits per heavy atom. The van der Waals surface area contributed by atoms with Crippen LogP contribution in [-0.2, 0) is 0 Å². The van der Waals surface area contributed by atoms with Gasteiger partial charge in [-0.2, -0.15) is 5.26 Å². The predicted octanol–water partition coefficient (Wildman–Crippen LogP) is 2.03. The third kappa shape index (κ3) is 2.39. The molecule has 0 unspecified atom stereocenters. The number of nitrogens with zero attached hydrogens (tertiary/aromatic N) is 3. The molecule has 8 nitrogen and oxygen atoms in total. The average molecular weight is 366 g/mol. The summed E-state index contributed by atoms with van der Waals surface area (Å²) < 4.78 is 6.38. The molecule has 1 atom stereocenters. The number of aromatic nitrogens is 3.